The van der Waals surface area contributed by atoms with Crippen LogP contribution in [0, 0.1) is 0 Å². The van der Waals surface area contributed by atoms with E-state index in [1.807, 2.05) is 30.3 Å². The van der Waals surface area contributed by atoms with Gasteiger partial charge in [-0.3, -0.25) is 9.78 Å². The highest BCUT2D eigenvalue weighted by molar-refractivity contribution is 5.34. The Kier molecular flexibility index (Phi) is 4.72. The van der Waals surface area contributed by atoms with Gasteiger partial charge < -0.3 is 14.4 Å². The SMILES string of the molecule is Cn1ccc(=O)c(OCc2ccccc2)c1C(O)c1ccccn1. The van der Waals surface area contributed by atoms with Crippen LogP contribution in [0.3, 0.4) is 0 Å². The molecule has 0 spiro atoms. The van der Waals surface area contributed by atoms with Crippen LogP contribution in [0.25, 0.3) is 0 Å². The minimum Gasteiger partial charge on any atom is -0.483 e. The van der Waals surface area contributed by atoms with E-state index in [1.165, 1.54) is 6.07 Å². The molecule has 1 aromatic carbocycles. The van der Waals surface area contributed by atoms with Gasteiger partial charge in [-0.2, -0.15) is 0 Å². The first-order chi connectivity index (χ1) is 11.7. The highest BCUT2D eigenvalue weighted by Crippen LogP contribution is 2.26. The largest absolute Gasteiger partial charge is 0.483 e. The number of ether oxygens (including phenoxy) is 1. The van der Waals surface area contributed by atoms with Crippen molar-refractivity contribution in [3.63, 3.8) is 0 Å². The molecular weight excluding hydrogens is 304 g/mol. The minimum absolute atomic E-state index is 0.141. The van der Waals surface area contributed by atoms with E-state index >= 15 is 0 Å². The molecule has 5 nitrogen and oxygen atoms in total. The van der Waals surface area contributed by atoms with Crippen molar-refractivity contribution >= 4 is 0 Å². The number of aliphatic hydroxyl groups excluding tert-OH is 1. The Morgan fingerprint density at radius 2 is 1.88 bits per heavy atom. The molecule has 1 unspecified atom stereocenters. The van der Waals surface area contributed by atoms with Crippen LogP contribution in [0.5, 0.6) is 5.75 Å². The molecule has 1 atom stereocenters. The van der Waals surface area contributed by atoms with E-state index in [2.05, 4.69) is 4.98 Å². The third-order valence-corrected chi connectivity index (χ3v) is 3.74. The topological polar surface area (TPSA) is 64.3 Å². The van der Waals surface area contributed by atoms with Crippen molar-refractivity contribution in [2.45, 2.75) is 12.7 Å². The maximum atomic E-state index is 12.3. The summed E-state index contributed by atoms with van der Waals surface area (Å²) in [6.45, 7) is 0.252. The Balaban J connectivity index is 1.96. The first-order valence-corrected chi connectivity index (χ1v) is 7.62. The smallest absolute Gasteiger partial charge is 0.223 e. The molecule has 5 heteroatoms. The third-order valence-electron chi connectivity index (χ3n) is 3.74. The summed E-state index contributed by atoms with van der Waals surface area (Å²) in [4.78, 5) is 16.4. The summed E-state index contributed by atoms with van der Waals surface area (Å²) >= 11 is 0. The molecule has 2 heterocycles. The van der Waals surface area contributed by atoms with E-state index in [0.717, 1.165) is 5.56 Å². The Hall–Kier alpha value is -2.92. The summed E-state index contributed by atoms with van der Waals surface area (Å²) in [7, 11) is 1.76. The maximum absolute atomic E-state index is 12.3. The number of pyridine rings is 2. The first-order valence-electron chi connectivity index (χ1n) is 7.62. The lowest BCUT2D eigenvalue weighted by Crippen LogP contribution is -2.19. The summed E-state index contributed by atoms with van der Waals surface area (Å²) in [6.07, 6.45) is 2.17. The number of hydrogen-bond acceptors (Lipinski definition) is 4. The highest BCUT2D eigenvalue weighted by Gasteiger charge is 2.21. The van der Waals surface area contributed by atoms with Crippen LogP contribution in [-0.2, 0) is 13.7 Å². The number of rotatable bonds is 5. The highest BCUT2D eigenvalue weighted by atomic mass is 16.5. The second-order valence-electron chi connectivity index (χ2n) is 5.44. The van der Waals surface area contributed by atoms with Crippen LogP contribution in [0.15, 0.2) is 71.8 Å². The average Bonchev–Trinajstić information content (AvgIpc) is 2.63. The standard InChI is InChI=1S/C19H18N2O3/c1-21-12-10-16(22)19(24-13-14-7-3-2-4-8-14)17(21)18(23)15-9-5-6-11-20-15/h2-12,18,23H,13H2,1H3. The molecule has 0 bridgehead atoms. The molecule has 0 aliphatic heterocycles. The van der Waals surface area contributed by atoms with Gasteiger partial charge in [0, 0.05) is 25.5 Å². The van der Waals surface area contributed by atoms with Gasteiger partial charge in [0.2, 0.25) is 5.43 Å². The fourth-order valence-electron chi connectivity index (χ4n) is 2.49. The van der Waals surface area contributed by atoms with Gasteiger partial charge in [0.15, 0.2) is 5.75 Å². The summed E-state index contributed by atoms with van der Waals surface area (Å²) in [5.74, 6) is 0.141. The van der Waals surface area contributed by atoms with Gasteiger partial charge in [-0.05, 0) is 17.7 Å². The Morgan fingerprint density at radius 3 is 2.58 bits per heavy atom. The molecule has 0 amide bonds. The molecule has 0 saturated heterocycles. The van der Waals surface area contributed by atoms with E-state index in [4.69, 9.17) is 4.74 Å². The zero-order valence-corrected chi connectivity index (χ0v) is 13.3. The van der Waals surface area contributed by atoms with Gasteiger partial charge in [0.05, 0.1) is 11.4 Å². The fourth-order valence-corrected chi connectivity index (χ4v) is 2.49. The Labute approximate surface area is 139 Å². The lowest BCUT2D eigenvalue weighted by Gasteiger charge is -2.19. The van der Waals surface area contributed by atoms with Crippen molar-refractivity contribution in [2.24, 2.45) is 7.05 Å². The van der Waals surface area contributed by atoms with Gasteiger partial charge in [0.25, 0.3) is 0 Å². The average molecular weight is 322 g/mol. The normalized spacial score (nSPS) is 11.9. The molecule has 2 aromatic heterocycles. The minimum atomic E-state index is -1.05. The molecule has 0 aliphatic rings. The van der Waals surface area contributed by atoms with Crippen molar-refractivity contribution in [1.82, 2.24) is 9.55 Å². The van der Waals surface area contributed by atoms with Gasteiger partial charge >= 0.3 is 0 Å². The van der Waals surface area contributed by atoms with Gasteiger partial charge in [-0.1, -0.05) is 36.4 Å². The van der Waals surface area contributed by atoms with Gasteiger partial charge in [0.1, 0.15) is 12.7 Å². The quantitative estimate of drug-likeness (QED) is 0.783. The Morgan fingerprint density at radius 1 is 1.12 bits per heavy atom. The second kappa shape index (κ2) is 7.10. The molecule has 0 fully saturated rings. The van der Waals surface area contributed by atoms with E-state index in [0.29, 0.717) is 11.4 Å². The van der Waals surface area contributed by atoms with Crippen molar-refractivity contribution in [1.29, 1.82) is 0 Å². The predicted octanol–water partition coefficient (Wildman–Crippen LogP) is 2.44. The van der Waals surface area contributed by atoms with Crippen LogP contribution in [0.2, 0.25) is 0 Å². The molecular formula is C19H18N2O3. The summed E-state index contributed by atoms with van der Waals surface area (Å²) in [5.41, 5.74) is 1.52. The Bertz CT molecular complexity index is 861. The predicted molar refractivity (Wildman–Crippen MR) is 90.8 cm³/mol. The van der Waals surface area contributed by atoms with E-state index in [9.17, 15) is 9.90 Å². The van der Waals surface area contributed by atoms with Crippen LogP contribution >= 0.6 is 0 Å². The number of benzene rings is 1. The zero-order chi connectivity index (χ0) is 16.9. The number of hydrogen-bond donors (Lipinski definition) is 1. The molecule has 3 rings (SSSR count). The maximum Gasteiger partial charge on any atom is 0.223 e. The van der Waals surface area contributed by atoms with Crippen molar-refractivity contribution < 1.29 is 9.84 Å². The molecule has 24 heavy (non-hydrogen) atoms. The summed E-state index contributed by atoms with van der Waals surface area (Å²) < 4.78 is 7.44. The molecule has 122 valence electrons. The molecule has 0 radical (unpaired) electrons. The van der Waals surface area contributed by atoms with Gasteiger partial charge in [-0.25, -0.2) is 0 Å². The number of nitrogens with zero attached hydrogens (tertiary/aromatic N) is 2. The third kappa shape index (κ3) is 3.36. The van der Waals surface area contributed by atoms with Crippen molar-refractivity contribution in [2.75, 3.05) is 0 Å². The van der Waals surface area contributed by atoms with Crippen LogP contribution in [0.4, 0.5) is 0 Å². The second-order valence-corrected chi connectivity index (χ2v) is 5.44. The lowest BCUT2D eigenvalue weighted by molar-refractivity contribution is 0.193. The number of aryl methyl sites for hydroxylation is 1. The van der Waals surface area contributed by atoms with E-state index < -0.39 is 6.10 Å². The van der Waals surface area contributed by atoms with Crippen molar-refractivity contribution in [3.8, 4) is 5.75 Å². The molecule has 1 N–H and O–H groups in total. The molecule has 0 aliphatic carbocycles. The monoisotopic (exact) mass is 322 g/mol. The fraction of sp³-hybridized carbons (Fsp3) is 0.158. The molecule has 0 saturated carbocycles. The molecule has 3 aromatic rings. The van der Waals surface area contributed by atoms with Crippen molar-refractivity contribution in [3.05, 3.63) is 94.2 Å². The summed E-state index contributed by atoms with van der Waals surface area (Å²) in [5, 5.41) is 10.7. The first kappa shape index (κ1) is 16.0. The van der Waals surface area contributed by atoms with Crippen LogP contribution < -0.4 is 10.2 Å². The zero-order valence-electron chi connectivity index (χ0n) is 13.3. The van der Waals surface area contributed by atoms with Gasteiger partial charge in [-0.15, -0.1) is 0 Å². The number of aromatic nitrogens is 2. The van der Waals surface area contributed by atoms with Crippen LogP contribution in [-0.4, -0.2) is 14.7 Å². The van der Waals surface area contributed by atoms with E-state index in [1.54, 1.807) is 42.2 Å². The summed E-state index contributed by atoms with van der Waals surface area (Å²) in [6, 6.07) is 16.3. The lowest BCUT2D eigenvalue weighted by atomic mass is 10.1. The van der Waals surface area contributed by atoms with Crippen LogP contribution in [0.1, 0.15) is 23.1 Å². The number of aliphatic hydroxyl groups is 1. The van der Waals surface area contributed by atoms with E-state index in [-0.39, 0.29) is 17.8 Å².